The fourth-order valence-electron chi connectivity index (χ4n) is 2.35. The van der Waals surface area contributed by atoms with Gasteiger partial charge in [0, 0.05) is 5.69 Å². The highest BCUT2D eigenvalue weighted by Crippen LogP contribution is 2.36. The fourth-order valence-corrected chi connectivity index (χ4v) is 3.39. The Kier molecular flexibility index (Phi) is 4.21. The van der Waals surface area contributed by atoms with Crippen molar-refractivity contribution in [3.63, 3.8) is 0 Å². The molecule has 1 heterocycles. The zero-order valence-corrected chi connectivity index (χ0v) is 14.1. The average molecular weight is 280 g/mol. The van der Waals surface area contributed by atoms with E-state index >= 15 is 0 Å². The molecule has 0 aliphatic heterocycles. The zero-order chi connectivity index (χ0) is 14.1. The minimum atomic E-state index is -1.61. The van der Waals surface area contributed by atoms with Crippen molar-refractivity contribution >= 4 is 8.32 Å². The van der Waals surface area contributed by atoms with Crippen molar-refractivity contribution < 1.29 is 4.43 Å². The Bertz CT molecular complexity index is 432. The first kappa shape index (κ1) is 14.8. The van der Waals surface area contributed by atoms with E-state index in [0.29, 0.717) is 0 Å². The third kappa shape index (κ3) is 3.29. The minimum absolute atomic E-state index is 0.288. The van der Waals surface area contributed by atoms with Gasteiger partial charge in [0.15, 0.2) is 8.32 Å². The summed E-state index contributed by atoms with van der Waals surface area (Å²) in [5.41, 5.74) is 2.91. The Hall–Kier alpha value is -0.613. The second kappa shape index (κ2) is 5.41. The van der Waals surface area contributed by atoms with Crippen molar-refractivity contribution in [1.29, 1.82) is 0 Å². The second-order valence-electron chi connectivity index (χ2n) is 7.16. The molecule has 1 aromatic heterocycles. The molecule has 1 aromatic rings. The molecule has 0 amide bonds. The quantitative estimate of drug-likeness (QED) is 0.785. The summed E-state index contributed by atoms with van der Waals surface area (Å²) >= 11 is 0. The van der Waals surface area contributed by atoms with Crippen LogP contribution in [-0.2, 0) is 23.8 Å². The van der Waals surface area contributed by atoms with E-state index in [1.165, 1.54) is 36.9 Å². The van der Waals surface area contributed by atoms with Crippen molar-refractivity contribution in [2.75, 3.05) is 6.61 Å². The van der Waals surface area contributed by atoms with Gasteiger partial charge in [0.25, 0.3) is 0 Å². The lowest BCUT2D eigenvalue weighted by atomic mass is 9.98. The van der Waals surface area contributed by atoms with E-state index in [2.05, 4.69) is 49.8 Å². The summed E-state index contributed by atoms with van der Waals surface area (Å²) in [5.74, 6) is 0. The van der Waals surface area contributed by atoms with Crippen LogP contribution in [0.2, 0.25) is 18.1 Å². The van der Waals surface area contributed by atoms with Crippen LogP contribution in [0, 0.1) is 0 Å². The van der Waals surface area contributed by atoms with E-state index in [1.807, 2.05) is 0 Å². The highest BCUT2D eigenvalue weighted by atomic mass is 28.4. The van der Waals surface area contributed by atoms with Gasteiger partial charge >= 0.3 is 0 Å². The lowest BCUT2D eigenvalue weighted by Crippen LogP contribution is -2.41. The largest absolute Gasteiger partial charge is 0.415 e. The van der Waals surface area contributed by atoms with Crippen LogP contribution in [0.1, 0.15) is 44.9 Å². The number of rotatable bonds is 4. The predicted octanol–water partition coefficient (Wildman–Crippen LogP) is 3.78. The van der Waals surface area contributed by atoms with Crippen LogP contribution >= 0.6 is 0 Å². The lowest BCUT2D eigenvalue weighted by Gasteiger charge is -2.36. The van der Waals surface area contributed by atoms with Gasteiger partial charge in [-0.2, -0.15) is 5.10 Å². The minimum Gasteiger partial charge on any atom is -0.415 e. The predicted molar refractivity (Wildman–Crippen MR) is 82.0 cm³/mol. The van der Waals surface area contributed by atoms with Crippen LogP contribution in [0.3, 0.4) is 0 Å². The van der Waals surface area contributed by atoms with Gasteiger partial charge in [0.2, 0.25) is 0 Å². The summed E-state index contributed by atoms with van der Waals surface area (Å²) in [5, 5.41) is 4.82. The van der Waals surface area contributed by atoms with E-state index in [1.54, 1.807) is 0 Å². The molecule has 1 aliphatic rings. The van der Waals surface area contributed by atoms with E-state index in [4.69, 9.17) is 4.43 Å². The van der Waals surface area contributed by atoms with Gasteiger partial charge < -0.3 is 4.43 Å². The Morgan fingerprint density at radius 1 is 1.26 bits per heavy atom. The molecule has 0 fully saturated rings. The van der Waals surface area contributed by atoms with Crippen molar-refractivity contribution in [2.45, 2.75) is 71.1 Å². The van der Waals surface area contributed by atoms with Gasteiger partial charge in [0.1, 0.15) is 0 Å². The maximum absolute atomic E-state index is 6.24. The van der Waals surface area contributed by atoms with E-state index in [0.717, 1.165) is 13.2 Å². The summed E-state index contributed by atoms with van der Waals surface area (Å²) in [6, 6.07) is 0. The Labute approximate surface area is 118 Å². The van der Waals surface area contributed by atoms with Gasteiger partial charge in [-0.05, 0) is 49.4 Å². The Morgan fingerprint density at radius 3 is 2.63 bits per heavy atom. The molecule has 0 aromatic carbocycles. The number of hydrogen-bond acceptors (Lipinski definition) is 2. The summed E-state index contributed by atoms with van der Waals surface area (Å²) in [6.45, 7) is 13.2. The van der Waals surface area contributed by atoms with Crippen molar-refractivity contribution in [3.8, 4) is 0 Å². The molecule has 108 valence electrons. The summed E-state index contributed by atoms with van der Waals surface area (Å²) in [6.07, 6.45) is 7.08. The first-order chi connectivity index (χ1) is 8.81. The highest BCUT2D eigenvalue weighted by Gasteiger charge is 2.36. The van der Waals surface area contributed by atoms with Crippen LogP contribution in [-0.4, -0.2) is 24.7 Å². The van der Waals surface area contributed by atoms with E-state index < -0.39 is 8.32 Å². The normalized spacial score (nSPS) is 16.5. The third-order valence-corrected chi connectivity index (χ3v) is 9.26. The van der Waals surface area contributed by atoms with Crippen LogP contribution in [0.5, 0.6) is 0 Å². The molecule has 0 radical (unpaired) electrons. The number of aromatic nitrogens is 2. The van der Waals surface area contributed by atoms with Crippen LogP contribution in [0.25, 0.3) is 0 Å². The first-order valence-corrected chi connectivity index (χ1v) is 10.4. The number of hydrogen-bond donors (Lipinski definition) is 0. The SMILES string of the molecule is CC(C)(C)[Si](C)(C)OCCn1ncc2c1CCCC2. The van der Waals surface area contributed by atoms with Gasteiger partial charge in [0.05, 0.1) is 19.3 Å². The lowest BCUT2D eigenvalue weighted by molar-refractivity contribution is 0.263. The van der Waals surface area contributed by atoms with Gasteiger partial charge in [-0.3, -0.25) is 4.68 Å². The smallest absolute Gasteiger partial charge is 0.192 e. The molecular formula is C15H28N2OSi. The van der Waals surface area contributed by atoms with Crippen LogP contribution in [0.4, 0.5) is 0 Å². The number of nitrogens with zero attached hydrogens (tertiary/aromatic N) is 2. The highest BCUT2D eigenvalue weighted by molar-refractivity contribution is 6.74. The maximum Gasteiger partial charge on any atom is 0.192 e. The van der Waals surface area contributed by atoms with Gasteiger partial charge in [-0.15, -0.1) is 0 Å². The standard InChI is InChI=1S/C15H28N2OSi/c1-15(2,3)19(4,5)18-11-10-17-14-9-7-6-8-13(14)12-16-17/h12H,6-11H2,1-5H3. The molecule has 0 unspecified atom stereocenters. The molecule has 0 spiro atoms. The van der Waals surface area contributed by atoms with Crippen LogP contribution in [0.15, 0.2) is 6.20 Å². The second-order valence-corrected chi connectivity index (χ2v) is 12.0. The first-order valence-electron chi connectivity index (χ1n) is 7.49. The summed E-state index contributed by atoms with van der Waals surface area (Å²) < 4.78 is 8.40. The maximum atomic E-state index is 6.24. The van der Waals surface area contributed by atoms with Crippen molar-refractivity contribution in [2.24, 2.45) is 0 Å². The molecule has 0 atom stereocenters. The number of fused-ring (bicyclic) bond motifs is 1. The molecule has 19 heavy (non-hydrogen) atoms. The molecule has 2 rings (SSSR count). The summed E-state index contributed by atoms with van der Waals surface area (Å²) in [4.78, 5) is 0. The Morgan fingerprint density at radius 2 is 1.95 bits per heavy atom. The van der Waals surface area contributed by atoms with E-state index in [-0.39, 0.29) is 5.04 Å². The molecule has 0 saturated heterocycles. The molecular weight excluding hydrogens is 252 g/mol. The van der Waals surface area contributed by atoms with Crippen molar-refractivity contribution in [3.05, 3.63) is 17.5 Å². The van der Waals surface area contributed by atoms with Crippen LogP contribution < -0.4 is 0 Å². The zero-order valence-electron chi connectivity index (χ0n) is 13.1. The molecule has 0 bridgehead atoms. The topological polar surface area (TPSA) is 27.1 Å². The molecule has 0 N–H and O–H groups in total. The Balaban J connectivity index is 1.91. The molecule has 1 aliphatic carbocycles. The monoisotopic (exact) mass is 280 g/mol. The van der Waals surface area contributed by atoms with Gasteiger partial charge in [-0.25, -0.2) is 0 Å². The van der Waals surface area contributed by atoms with Gasteiger partial charge in [-0.1, -0.05) is 20.8 Å². The summed E-state index contributed by atoms with van der Waals surface area (Å²) in [7, 11) is -1.61. The fraction of sp³-hybridized carbons (Fsp3) is 0.800. The van der Waals surface area contributed by atoms with Crippen molar-refractivity contribution in [1.82, 2.24) is 9.78 Å². The van der Waals surface area contributed by atoms with E-state index in [9.17, 15) is 0 Å². The average Bonchev–Trinajstić information content (AvgIpc) is 2.71. The number of aryl methyl sites for hydroxylation is 1. The molecule has 4 heteroatoms. The molecule has 0 saturated carbocycles. The molecule has 3 nitrogen and oxygen atoms in total. The third-order valence-electron chi connectivity index (χ3n) is 4.72.